The SMILES string of the molecule is C=CCOC(=O)CC(CCCCCCCCCCCCCCCCC/C=C/CC)C(=O)O. The Morgan fingerprint density at radius 1 is 0.781 bits per heavy atom. The van der Waals surface area contributed by atoms with Crippen molar-refractivity contribution in [3.63, 3.8) is 0 Å². The molecular formula is C28H50O4. The van der Waals surface area contributed by atoms with Crippen LogP contribution in [0.15, 0.2) is 24.8 Å². The Kier molecular flexibility index (Phi) is 22.9. The van der Waals surface area contributed by atoms with Crippen LogP contribution in [-0.2, 0) is 14.3 Å². The molecule has 0 aromatic rings. The van der Waals surface area contributed by atoms with Crippen molar-refractivity contribution in [2.75, 3.05) is 6.61 Å². The molecule has 1 unspecified atom stereocenters. The van der Waals surface area contributed by atoms with Gasteiger partial charge in [-0.25, -0.2) is 0 Å². The largest absolute Gasteiger partial charge is 0.481 e. The second-order valence-corrected chi connectivity index (χ2v) is 8.97. The lowest BCUT2D eigenvalue weighted by Gasteiger charge is -2.11. The van der Waals surface area contributed by atoms with Crippen molar-refractivity contribution < 1.29 is 19.4 Å². The zero-order valence-corrected chi connectivity index (χ0v) is 20.8. The van der Waals surface area contributed by atoms with Crippen molar-refractivity contribution >= 4 is 11.9 Å². The number of allylic oxidation sites excluding steroid dienone is 2. The molecule has 0 amide bonds. The van der Waals surface area contributed by atoms with Gasteiger partial charge in [0.1, 0.15) is 6.61 Å². The predicted molar refractivity (Wildman–Crippen MR) is 135 cm³/mol. The number of carbonyl (C=O) groups is 2. The molecule has 1 N–H and O–H groups in total. The van der Waals surface area contributed by atoms with Crippen molar-refractivity contribution in [1.29, 1.82) is 0 Å². The molecule has 0 rings (SSSR count). The Hall–Kier alpha value is -1.58. The number of esters is 1. The van der Waals surface area contributed by atoms with Gasteiger partial charge in [0.2, 0.25) is 0 Å². The molecule has 32 heavy (non-hydrogen) atoms. The smallest absolute Gasteiger partial charge is 0.307 e. The number of rotatable bonds is 24. The van der Waals surface area contributed by atoms with Crippen LogP contribution in [0.1, 0.15) is 129 Å². The highest BCUT2D eigenvalue weighted by atomic mass is 16.5. The number of hydrogen-bond donors (Lipinski definition) is 1. The van der Waals surface area contributed by atoms with E-state index >= 15 is 0 Å². The first kappa shape index (κ1) is 30.4. The zero-order chi connectivity index (χ0) is 23.7. The van der Waals surface area contributed by atoms with Crippen LogP contribution in [0.3, 0.4) is 0 Å². The van der Waals surface area contributed by atoms with Crippen molar-refractivity contribution in [3.05, 3.63) is 24.8 Å². The molecule has 4 nitrogen and oxygen atoms in total. The Bertz CT molecular complexity index is 484. The number of unbranched alkanes of at least 4 members (excludes halogenated alkanes) is 15. The number of ether oxygens (including phenoxy) is 1. The van der Waals surface area contributed by atoms with Gasteiger partial charge >= 0.3 is 11.9 Å². The van der Waals surface area contributed by atoms with E-state index in [0.717, 1.165) is 25.7 Å². The lowest BCUT2D eigenvalue weighted by Crippen LogP contribution is -2.19. The molecule has 0 fully saturated rings. The summed E-state index contributed by atoms with van der Waals surface area (Å²) in [4.78, 5) is 22.9. The highest BCUT2D eigenvalue weighted by Gasteiger charge is 2.21. The van der Waals surface area contributed by atoms with Gasteiger partial charge in [0, 0.05) is 0 Å². The monoisotopic (exact) mass is 450 g/mol. The van der Waals surface area contributed by atoms with Crippen LogP contribution in [0, 0.1) is 5.92 Å². The maximum absolute atomic E-state index is 11.6. The van der Waals surface area contributed by atoms with Gasteiger partial charge in [-0.15, -0.1) is 0 Å². The van der Waals surface area contributed by atoms with Crippen LogP contribution in [0.4, 0.5) is 0 Å². The zero-order valence-electron chi connectivity index (χ0n) is 20.8. The predicted octanol–water partition coefficient (Wildman–Crippen LogP) is 8.40. The summed E-state index contributed by atoms with van der Waals surface area (Å²) in [5.41, 5.74) is 0. The van der Waals surface area contributed by atoms with Crippen LogP contribution in [0.25, 0.3) is 0 Å². The minimum absolute atomic E-state index is 0.0418. The summed E-state index contributed by atoms with van der Waals surface area (Å²) in [6.45, 7) is 5.81. The highest BCUT2D eigenvalue weighted by Crippen LogP contribution is 2.17. The van der Waals surface area contributed by atoms with Crippen LogP contribution < -0.4 is 0 Å². The van der Waals surface area contributed by atoms with Gasteiger partial charge in [0.25, 0.3) is 0 Å². The third-order valence-corrected chi connectivity index (χ3v) is 5.95. The Balaban J connectivity index is 3.39. The summed E-state index contributed by atoms with van der Waals surface area (Å²) in [6, 6.07) is 0. The molecule has 0 saturated heterocycles. The van der Waals surface area contributed by atoms with Crippen molar-refractivity contribution in [3.8, 4) is 0 Å². The summed E-state index contributed by atoms with van der Waals surface area (Å²) in [5.74, 6) is -1.98. The average molecular weight is 451 g/mol. The average Bonchev–Trinajstić information content (AvgIpc) is 2.78. The van der Waals surface area contributed by atoms with E-state index in [4.69, 9.17) is 4.74 Å². The summed E-state index contributed by atoms with van der Waals surface area (Å²) in [6.07, 6.45) is 28.3. The lowest BCUT2D eigenvalue weighted by molar-refractivity contribution is -0.151. The van der Waals surface area contributed by atoms with Gasteiger partial charge in [-0.1, -0.05) is 122 Å². The second-order valence-electron chi connectivity index (χ2n) is 8.97. The summed E-state index contributed by atoms with van der Waals surface area (Å²) in [5, 5.41) is 9.27. The number of aliphatic carboxylic acids is 1. The van der Waals surface area contributed by atoms with E-state index in [1.54, 1.807) is 0 Å². The van der Waals surface area contributed by atoms with E-state index in [-0.39, 0.29) is 13.0 Å². The molecule has 1 atom stereocenters. The molecule has 0 spiro atoms. The van der Waals surface area contributed by atoms with E-state index in [2.05, 4.69) is 25.7 Å². The molecule has 0 aliphatic heterocycles. The van der Waals surface area contributed by atoms with Crippen molar-refractivity contribution in [2.24, 2.45) is 5.92 Å². The van der Waals surface area contributed by atoms with Gasteiger partial charge in [0.05, 0.1) is 12.3 Å². The molecule has 4 heteroatoms. The lowest BCUT2D eigenvalue weighted by atomic mass is 9.97. The second kappa shape index (κ2) is 24.1. The van der Waals surface area contributed by atoms with E-state index in [1.807, 2.05) is 0 Å². The van der Waals surface area contributed by atoms with Crippen molar-refractivity contribution in [2.45, 2.75) is 129 Å². The number of carboxylic acid groups (broad SMARTS) is 1. The molecular weight excluding hydrogens is 400 g/mol. The standard InChI is InChI=1S/C28H50O4/c1-3-5-6-7-8-9-10-11-12-13-14-15-16-17-18-19-20-21-22-23-26(28(30)31)25-27(29)32-24-4-2/h4-6,26H,2-3,7-25H2,1H3,(H,30,31)/b6-5+. The maximum atomic E-state index is 11.6. The molecule has 0 aliphatic carbocycles. The van der Waals surface area contributed by atoms with Crippen LogP contribution in [0.5, 0.6) is 0 Å². The third kappa shape index (κ3) is 21.6. The summed E-state index contributed by atoms with van der Waals surface area (Å²) in [7, 11) is 0. The van der Waals surface area contributed by atoms with Crippen LogP contribution in [-0.4, -0.2) is 23.7 Å². The van der Waals surface area contributed by atoms with E-state index in [1.165, 1.54) is 89.5 Å². The van der Waals surface area contributed by atoms with Gasteiger partial charge in [-0.3, -0.25) is 9.59 Å². The topological polar surface area (TPSA) is 63.6 Å². The van der Waals surface area contributed by atoms with Gasteiger partial charge in [0.15, 0.2) is 0 Å². The minimum Gasteiger partial charge on any atom is -0.481 e. The summed E-state index contributed by atoms with van der Waals surface area (Å²) < 4.78 is 4.89. The third-order valence-electron chi connectivity index (χ3n) is 5.95. The van der Waals surface area contributed by atoms with Crippen molar-refractivity contribution in [1.82, 2.24) is 0 Å². The molecule has 0 bridgehead atoms. The quantitative estimate of drug-likeness (QED) is 0.0910. The first-order valence-corrected chi connectivity index (χ1v) is 13.3. The number of carboxylic acids is 1. The van der Waals surface area contributed by atoms with Gasteiger partial charge in [-0.2, -0.15) is 0 Å². The molecule has 186 valence electrons. The summed E-state index contributed by atoms with van der Waals surface area (Å²) >= 11 is 0. The van der Waals surface area contributed by atoms with E-state index < -0.39 is 17.9 Å². The van der Waals surface area contributed by atoms with Crippen LogP contribution >= 0.6 is 0 Å². The molecule has 0 saturated carbocycles. The molecule has 0 aromatic carbocycles. The molecule has 0 radical (unpaired) electrons. The maximum Gasteiger partial charge on any atom is 0.307 e. The first-order valence-electron chi connectivity index (χ1n) is 13.3. The Morgan fingerprint density at radius 2 is 1.25 bits per heavy atom. The van der Waals surface area contributed by atoms with E-state index in [9.17, 15) is 14.7 Å². The fourth-order valence-electron chi connectivity index (χ4n) is 3.96. The molecule has 0 aromatic heterocycles. The number of carbonyl (C=O) groups excluding carboxylic acids is 1. The Morgan fingerprint density at radius 3 is 1.69 bits per heavy atom. The van der Waals surface area contributed by atoms with Gasteiger partial charge < -0.3 is 9.84 Å². The van der Waals surface area contributed by atoms with E-state index in [0.29, 0.717) is 6.42 Å². The first-order chi connectivity index (χ1) is 15.6. The number of hydrogen-bond acceptors (Lipinski definition) is 3. The fourth-order valence-corrected chi connectivity index (χ4v) is 3.96. The normalized spacial score (nSPS) is 12.2. The van der Waals surface area contributed by atoms with Crippen LogP contribution in [0.2, 0.25) is 0 Å². The Labute approximate surface area is 197 Å². The minimum atomic E-state index is -0.902. The van der Waals surface area contributed by atoms with Gasteiger partial charge in [-0.05, 0) is 25.7 Å². The molecule has 0 aliphatic rings. The molecule has 0 heterocycles. The fraction of sp³-hybridized carbons (Fsp3) is 0.786. The highest BCUT2D eigenvalue weighted by molar-refractivity contribution is 5.78.